The normalized spacial score (nSPS) is 16.8. The second kappa shape index (κ2) is 7.30. The van der Waals surface area contributed by atoms with E-state index in [1.807, 2.05) is 24.3 Å². The first-order valence-electron chi connectivity index (χ1n) is 8.27. The van der Waals surface area contributed by atoms with Crippen molar-refractivity contribution in [3.63, 3.8) is 0 Å². The van der Waals surface area contributed by atoms with E-state index in [1.54, 1.807) is 29.2 Å². The molecule has 0 aromatic heterocycles. The lowest BCUT2D eigenvalue weighted by Crippen LogP contribution is -2.27. The number of para-hydroxylation sites is 1. The molecule has 1 aliphatic heterocycles. The van der Waals surface area contributed by atoms with Gasteiger partial charge in [-0.15, -0.1) is 0 Å². The van der Waals surface area contributed by atoms with E-state index in [0.29, 0.717) is 11.8 Å². The Kier molecular flexibility index (Phi) is 4.93. The summed E-state index contributed by atoms with van der Waals surface area (Å²) >= 11 is 0. The van der Waals surface area contributed by atoms with Crippen LogP contribution in [-0.2, 0) is 16.0 Å². The van der Waals surface area contributed by atoms with Gasteiger partial charge in [-0.2, -0.15) is 0 Å². The zero-order valence-corrected chi connectivity index (χ0v) is 14.0. The molecular formula is C20H19NO4. The minimum absolute atomic E-state index is 0.102. The summed E-state index contributed by atoms with van der Waals surface area (Å²) < 4.78 is 5.34. The summed E-state index contributed by atoms with van der Waals surface area (Å²) in [5.74, 6) is -0.913. The van der Waals surface area contributed by atoms with Gasteiger partial charge in [-0.25, -0.2) is 0 Å². The predicted molar refractivity (Wildman–Crippen MR) is 93.7 cm³/mol. The van der Waals surface area contributed by atoms with Gasteiger partial charge in [0.25, 0.3) is 0 Å². The molecule has 5 nitrogen and oxygen atoms in total. The van der Waals surface area contributed by atoms with Gasteiger partial charge < -0.3 is 9.64 Å². The highest BCUT2D eigenvalue weighted by molar-refractivity contribution is 5.99. The van der Waals surface area contributed by atoms with Crippen LogP contribution in [0.15, 0.2) is 48.5 Å². The van der Waals surface area contributed by atoms with Gasteiger partial charge in [0, 0.05) is 18.7 Å². The standard InChI is InChI=1S/C20H19NO4/c1-2-14-7-9-17(10-8-14)21-12-16(11-19(21)23)20(24)25-18-6-4-3-5-15(18)13-22/h3-10,13,16H,2,11-12H2,1H3/t16-/m0/s1. The topological polar surface area (TPSA) is 63.7 Å². The van der Waals surface area contributed by atoms with E-state index >= 15 is 0 Å². The van der Waals surface area contributed by atoms with Gasteiger partial charge in [0.05, 0.1) is 11.5 Å². The molecule has 2 aromatic rings. The van der Waals surface area contributed by atoms with Crippen LogP contribution in [-0.4, -0.2) is 24.7 Å². The van der Waals surface area contributed by atoms with Crippen LogP contribution in [0.4, 0.5) is 5.69 Å². The number of hydrogen-bond donors (Lipinski definition) is 0. The van der Waals surface area contributed by atoms with Gasteiger partial charge in [-0.1, -0.05) is 31.2 Å². The van der Waals surface area contributed by atoms with Crippen LogP contribution in [0.25, 0.3) is 0 Å². The van der Waals surface area contributed by atoms with Crippen molar-refractivity contribution in [2.45, 2.75) is 19.8 Å². The van der Waals surface area contributed by atoms with Gasteiger partial charge in [0.15, 0.2) is 6.29 Å². The zero-order valence-electron chi connectivity index (χ0n) is 14.0. The van der Waals surface area contributed by atoms with Crippen LogP contribution in [0.5, 0.6) is 5.75 Å². The molecule has 0 aliphatic carbocycles. The van der Waals surface area contributed by atoms with Crippen LogP contribution in [0.3, 0.4) is 0 Å². The Hall–Kier alpha value is -2.95. The van der Waals surface area contributed by atoms with Crippen LogP contribution < -0.4 is 9.64 Å². The fraction of sp³-hybridized carbons (Fsp3) is 0.250. The monoisotopic (exact) mass is 337 g/mol. The lowest BCUT2D eigenvalue weighted by Gasteiger charge is -2.17. The summed E-state index contributed by atoms with van der Waals surface area (Å²) in [5.41, 5.74) is 2.29. The second-order valence-corrected chi connectivity index (χ2v) is 6.00. The number of rotatable bonds is 5. The number of benzene rings is 2. The van der Waals surface area contributed by atoms with Crippen molar-refractivity contribution < 1.29 is 19.1 Å². The molecule has 1 fully saturated rings. The highest BCUT2D eigenvalue weighted by Gasteiger charge is 2.36. The van der Waals surface area contributed by atoms with Crippen molar-refractivity contribution >= 4 is 23.9 Å². The highest BCUT2D eigenvalue weighted by atomic mass is 16.5. The zero-order chi connectivity index (χ0) is 17.8. The maximum Gasteiger partial charge on any atom is 0.316 e. The van der Waals surface area contributed by atoms with Crippen LogP contribution in [0.1, 0.15) is 29.3 Å². The maximum absolute atomic E-state index is 12.4. The number of carbonyl (C=O) groups is 3. The van der Waals surface area contributed by atoms with Crippen molar-refractivity contribution in [3.8, 4) is 5.75 Å². The highest BCUT2D eigenvalue weighted by Crippen LogP contribution is 2.27. The average Bonchev–Trinajstić information content (AvgIpc) is 3.04. The molecule has 3 rings (SSSR count). The van der Waals surface area contributed by atoms with E-state index in [0.717, 1.165) is 12.1 Å². The molecule has 1 atom stereocenters. The number of carbonyl (C=O) groups excluding carboxylic acids is 3. The summed E-state index contributed by atoms with van der Waals surface area (Å²) in [6.45, 7) is 2.35. The summed E-state index contributed by atoms with van der Waals surface area (Å²) in [7, 11) is 0. The molecule has 1 aliphatic rings. The fourth-order valence-corrected chi connectivity index (χ4v) is 2.89. The van der Waals surface area contributed by atoms with Crippen LogP contribution >= 0.6 is 0 Å². The van der Waals surface area contributed by atoms with Gasteiger partial charge in [-0.3, -0.25) is 14.4 Å². The molecule has 0 N–H and O–H groups in total. The Morgan fingerprint density at radius 3 is 2.60 bits per heavy atom. The molecule has 1 heterocycles. The Bertz CT molecular complexity index is 798. The van der Waals surface area contributed by atoms with Gasteiger partial charge in [0.2, 0.25) is 5.91 Å². The predicted octanol–water partition coefficient (Wildman–Crippen LogP) is 3.02. The van der Waals surface area contributed by atoms with Crippen molar-refractivity contribution in [1.82, 2.24) is 0 Å². The average molecular weight is 337 g/mol. The Morgan fingerprint density at radius 2 is 1.92 bits per heavy atom. The maximum atomic E-state index is 12.4. The first-order valence-corrected chi connectivity index (χ1v) is 8.27. The van der Waals surface area contributed by atoms with Crippen molar-refractivity contribution in [2.75, 3.05) is 11.4 Å². The van der Waals surface area contributed by atoms with E-state index in [9.17, 15) is 14.4 Å². The molecule has 0 saturated carbocycles. The molecular weight excluding hydrogens is 318 g/mol. The first kappa shape index (κ1) is 16.9. The summed E-state index contributed by atoms with van der Waals surface area (Å²) in [4.78, 5) is 37.3. The summed E-state index contributed by atoms with van der Waals surface area (Å²) in [6, 6.07) is 14.3. The van der Waals surface area contributed by atoms with E-state index < -0.39 is 11.9 Å². The SMILES string of the molecule is CCc1ccc(N2C[C@@H](C(=O)Oc3ccccc3C=O)CC2=O)cc1. The summed E-state index contributed by atoms with van der Waals surface area (Å²) in [6.07, 6.45) is 1.68. The first-order chi connectivity index (χ1) is 12.1. The lowest BCUT2D eigenvalue weighted by atomic mass is 10.1. The largest absolute Gasteiger partial charge is 0.425 e. The molecule has 128 valence electrons. The fourth-order valence-electron chi connectivity index (χ4n) is 2.89. The second-order valence-electron chi connectivity index (χ2n) is 6.00. The molecule has 5 heteroatoms. The number of aryl methyl sites for hydroxylation is 1. The Balaban J connectivity index is 1.71. The van der Waals surface area contributed by atoms with Crippen LogP contribution in [0, 0.1) is 5.92 Å². The summed E-state index contributed by atoms with van der Waals surface area (Å²) in [5, 5.41) is 0. The molecule has 0 spiro atoms. The van der Waals surface area contributed by atoms with E-state index in [2.05, 4.69) is 6.92 Å². The quantitative estimate of drug-likeness (QED) is 0.478. The third kappa shape index (κ3) is 3.60. The lowest BCUT2D eigenvalue weighted by molar-refractivity contribution is -0.139. The van der Waals surface area contributed by atoms with Crippen molar-refractivity contribution in [1.29, 1.82) is 0 Å². The number of anilines is 1. The molecule has 0 radical (unpaired) electrons. The minimum Gasteiger partial charge on any atom is -0.425 e. The number of esters is 1. The molecule has 25 heavy (non-hydrogen) atoms. The third-order valence-electron chi connectivity index (χ3n) is 4.37. The molecule has 2 aromatic carbocycles. The van der Waals surface area contributed by atoms with Crippen molar-refractivity contribution in [3.05, 3.63) is 59.7 Å². The molecule has 1 saturated heterocycles. The molecule has 0 bridgehead atoms. The third-order valence-corrected chi connectivity index (χ3v) is 4.37. The van der Waals surface area contributed by atoms with Gasteiger partial charge in [-0.05, 0) is 36.2 Å². The van der Waals surface area contributed by atoms with Crippen molar-refractivity contribution in [2.24, 2.45) is 5.92 Å². The molecule has 1 amide bonds. The number of ether oxygens (including phenoxy) is 1. The molecule has 0 unspecified atom stereocenters. The Labute approximate surface area is 146 Å². The Morgan fingerprint density at radius 1 is 1.20 bits per heavy atom. The number of aldehydes is 1. The van der Waals surface area contributed by atoms with Crippen LogP contribution in [0.2, 0.25) is 0 Å². The van der Waals surface area contributed by atoms with Gasteiger partial charge in [0.1, 0.15) is 5.75 Å². The number of nitrogens with zero attached hydrogens (tertiary/aromatic N) is 1. The number of hydrogen-bond acceptors (Lipinski definition) is 4. The van der Waals surface area contributed by atoms with E-state index in [1.165, 1.54) is 5.56 Å². The minimum atomic E-state index is -0.543. The van der Waals surface area contributed by atoms with E-state index in [-0.39, 0.29) is 24.6 Å². The van der Waals surface area contributed by atoms with E-state index in [4.69, 9.17) is 4.74 Å². The smallest absolute Gasteiger partial charge is 0.316 e. The number of amides is 1. The van der Waals surface area contributed by atoms with Gasteiger partial charge >= 0.3 is 5.97 Å².